The second kappa shape index (κ2) is 10.5. The summed E-state index contributed by atoms with van der Waals surface area (Å²) < 4.78 is 21.3. The Bertz CT molecular complexity index is 667. The van der Waals surface area contributed by atoms with Gasteiger partial charge < -0.3 is 29.2 Å². The number of methoxy groups -OCH3 is 1. The van der Waals surface area contributed by atoms with Crippen LogP contribution in [0.5, 0.6) is 11.5 Å². The molecule has 0 bridgehead atoms. The van der Waals surface area contributed by atoms with Crippen molar-refractivity contribution in [1.82, 2.24) is 0 Å². The summed E-state index contributed by atoms with van der Waals surface area (Å²) in [5, 5.41) is 20.0. The highest BCUT2D eigenvalue weighted by Gasteiger charge is 2.39. The van der Waals surface area contributed by atoms with Crippen molar-refractivity contribution in [1.29, 1.82) is 0 Å². The number of thioether (sulfide) groups is 1. The highest BCUT2D eigenvalue weighted by Crippen LogP contribution is 2.38. The maximum absolute atomic E-state index is 11.4. The zero-order valence-electron chi connectivity index (χ0n) is 15.5. The van der Waals surface area contributed by atoms with Gasteiger partial charge in [0.2, 0.25) is 0 Å². The molecule has 0 unspecified atom stereocenters. The highest BCUT2D eigenvalue weighted by molar-refractivity contribution is 8.14. The zero-order chi connectivity index (χ0) is 19.7. The molecule has 1 atom stereocenters. The van der Waals surface area contributed by atoms with E-state index in [1.54, 1.807) is 26.2 Å². The van der Waals surface area contributed by atoms with Gasteiger partial charge in [0, 0.05) is 12.9 Å². The first kappa shape index (κ1) is 21.5. The molecule has 0 spiro atoms. The number of carbonyl (C=O) groups is 1. The molecule has 150 valence electrons. The smallest absolute Gasteiger partial charge is 0.332 e. The topological polar surface area (TPSA) is 107 Å². The van der Waals surface area contributed by atoms with Gasteiger partial charge in [-0.15, -0.1) is 11.8 Å². The van der Waals surface area contributed by atoms with Crippen LogP contribution in [0.15, 0.2) is 23.2 Å². The van der Waals surface area contributed by atoms with Crippen molar-refractivity contribution in [2.24, 2.45) is 4.99 Å². The largest absolute Gasteiger partial charge is 0.507 e. The van der Waals surface area contributed by atoms with Crippen LogP contribution in [0.25, 0.3) is 0 Å². The first-order valence-corrected chi connectivity index (χ1v) is 9.52. The Morgan fingerprint density at radius 2 is 1.85 bits per heavy atom. The van der Waals surface area contributed by atoms with Gasteiger partial charge in [-0.05, 0) is 19.1 Å². The zero-order valence-corrected chi connectivity index (χ0v) is 16.3. The minimum atomic E-state index is -1.20. The lowest BCUT2D eigenvalue weighted by atomic mass is 10.1. The summed E-state index contributed by atoms with van der Waals surface area (Å²) in [6, 6.07) is 4.90. The van der Waals surface area contributed by atoms with Crippen molar-refractivity contribution >= 4 is 22.8 Å². The minimum absolute atomic E-state index is 0.000787. The van der Waals surface area contributed by atoms with E-state index in [0.29, 0.717) is 55.1 Å². The van der Waals surface area contributed by atoms with Crippen molar-refractivity contribution in [3.63, 3.8) is 0 Å². The summed E-state index contributed by atoms with van der Waals surface area (Å²) in [7, 11) is 1.62. The molecule has 2 N–H and O–H groups in total. The van der Waals surface area contributed by atoms with E-state index in [0.717, 1.165) is 0 Å². The molecule has 1 aliphatic heterocycles. The standard InChI is InChI=1S/C18H25NO7S/c1-18(17(21)22)12-27-16(19-18)15-13(20)4-3-5-14(15)26-11-10-25-9-8-24-7-6-23-2/h3-5,20H,6-12H2,1-2H3,(H,21,22)/t18-/m1/s1. The number of ether oxygens (including phenoxy) is 4. The Morgan fingerprint density at radius 1 is 1.19 bits per heavy atom. The van der Waals surface area contributed by atoms with Gasteiger partial charge in [0.1, 0.15) is 23.1 Å². The second-order valence-electron chi connectivity index (χ2n) is 6.00. The maximum Gasteiger partial charge on any atom is 0.332 e. The van der Waals surface area contributed by atoms with Gasteiger partial charge in [0.25, 0.3) is 0 Å². The SMILES string of the molecule is COCCOCCOCCOc1cccc(O)c1C1=N[C@@](C)(C(=O)O)CS1. The van der Waals surface area contributed by atoms with Crippen LogP contribution in [-0.2, 0) is 19.0 Å². The van der Waals surface area contributed by atoms with Crippen LogP contribution in [0.3, 0.4) is 0 Å². The third-order valence-corrected chi connectivity index (χ3v) is 5.08. The molecular weight excluding hydrogens is 374 g/mol. The summed E-state index contributed by atoms with van der Waals surface area (Å²) in [4.78, 5) is 15.7. The van der Waals surface area contributed by atoms with E-state index in [9.17, 15) is 15.0 Å². The fourth-order valence-electron chi connectivity index (χ4n) is 2.26. The molecule has 1 heterocycles. The summed E-state index contributed by atoms with van der Waals surface area (Å²) in [5.41, 5.74) is -0.791. The summed E-state index contributed by atoms with van der Waals surface area (Å²) in [6.07, 6.45) is 0. The van der Waals surface area contributed by atoms with Crippen LogP contribution in [0, 0.1) is 0 Å². The lowest BCUT2D eigenvalue weighted by Crippen LogP contribution is -2.33. The van der Waals surface area contributed by atoms with E-state index < -0.39 is 11.5 Å². The molecule has 27 heavy (non-hydrogen) atoms. The fourth-order valence-corrected chi connectivity index (χ4v) is 3.49. The Balaban J connectivity index is 1.88. The lowest BCUT2D eigenvalue weighted by molar-refractivity contribution is -0.141. The van der Waals surface area contributed by atoms with Crippen LogP contribution in [-0.4, -0.2) is 79.3 Å². The number of phenols is 1. The lowest BCUT2D eigenvalue weighted by Gasteiger charge is -2.13. The van der Waals surface area contributed by atoms with Crippen LogP contribution in [0.4, 0.5) is 0 Å². The molecule has 1 aliphatic rings. The number of phenolic OH excluding ortho intramolecular Hbond substituents is 1. The van der Waals surface area contributed by atoms with Gasteiger partial charge in [-0.2, -0.15) is 0 Å². The molecule has 2 rings (SSSR count). The Morgan fingerprint density at radius 3 is 2.48 bits per heavy atom. The van der Waals surface area contributed by atoms with Crippen molar-refractivity contribution in [3.05, 3.63) is 23.8 Å². The van der Waals surface area contributed by atoms with E-state index in [-0.39, 0.29) is 12.4 Å². The van der Waals surface area contributed by atoms with E-state index >= 15 is 0 Å². The molecule has 0 amide bonds. The average molecular weight is 399 g/mol. The van der Waals surface area contributed by atoms with Crippen molar-refractivity contribution in [2.45, 2.75) is 12.5 Å². The third kappa shape index (κ3) is 6.10. The van der Waals surface area contributed by atoms with Gasteiger partial charge in [0.15, 0.2) is 5.54 Å². The summed E-state index contributed by atoms with van der Waals surface area (Å²) >= 11 is 1.29. The number of benzene rings is 1. The molecule has 0 aromatic heterocycles. The summed E-state index contributed by atoms with van der Waals surface area (Å²) in [5.74, 6) is -0.252. The van der Waals surface area contributed by atoms with Gasteiger partial charge in [-0.3, -0.25) is 4.99 Å². The second-order valence-corrected chi connectivity index (χ2v) is 6.96. The molecule has 0 saturated heterocycles. The molecular formula is C18H25NO7S. The van der Waals surface area contributed by atoms with Crippen LogP contribution in [0.2, 0.25) is 0 Å². The number of carboxylic acid groups (broad SMARTS) is 1. The average Bonchev–Trinajstić information content (AvgIpc) is 3.03. The van der Waals surface area contributed by atoms with E-state index in [1.807, 2.05) is 0 Å². The fraction of sp³-hybridized carbons (Fsp3) is 0.556. The Hall–Kier alpha value is -1.81. The molecule has 9 heteroatoms. The van der Waals surface area contributed by atoms with Crippen molar-refractivity contribution in [2.75, 3.05) is 52.5 Å². The third-order valence-electron chi connectivity index (χ3n) is 3.81. The number of rotatable bonds is 12. The molecule has 0 fully saturated rings. The normalized spacial score (nSPS) is 19.1. The quantitative estimate of drug-likeness (QED) is 0.512. The maximum atomic E-state index is 11.4. The predicted molar refractivity (Wildman–Crippen MR) is 102 cm³/mol. The van der Waals surface area contributed by atoms with Gasteiger partial charge >= 0.3 is 5.97 Å². The Labute approximate surface area is 162 Å². The Kier molecular flexibility index (Phi) is 8.36. The predicted octanol–water partition coefficient (Wildman–Crippen LogP) is 1.79. The number of hydrogen-bond acceptors (Lipinski definition) is 8. The van der Waals surface area contributed by atoms with Crippen molar-refractivity contribution in [3.8, 4) is 11.5 Å². The molecule has 0 radical (unpaired) electrons. The van der Waals surface area contributed by atoms with Gasteiger partial charge in [-0.1, -0.05) is 6.07 Å². The van der Waals surface area contributed by atoms with E-state index in [2.05, 4.69) is 4.99 Å². The number of aromatic hydroxyl groups is 1. The number of aliphatic imine (C=N–C) groups is 1. The number of hydrogen-bond donors (Lipinski definition) is 2. The number of carboxylic acids is 1. The van der Waals surface area contributed by atoms with E-state index in [1.165, 1.54) is 17.8 Å². The highest BCUT2D eigenvalue weighted by atomic mass is 32.2. The van der Waals surface area contributed by atoms with Crippen LogP contribution >= 0.6 is 11.8 Å². The number of nitrogens with zero attached hydrogens (tertiary/aromatic N) is 1. The first-order chi connectivity index (χ1) is 13.0. The van der Waals surface area contributed by atoms with Crippen molar-refractivity contribution < 1.29 is 34.0 Å². The molecule has 8 nitrogen and oxygen atoms in total. The van der Waals surface area contributed by atoms with E-state index in [4.69, 9.17) is 18.9 Å². The van der Waals surface area contributed by atoms with Gasteiger partial charge in [-0.25, -0.2) is 4.79 Å². The molecule has 1 aromatic carbocycles. The first-order valence-electron chi connectivity index (χ1n) is 8.53. The summed E-state index contributed by atoms with van der Waals surface area (Å²) in [6.45, 7) is 4.18. The monoisotopic (exact) mass is 399 g/mol. The molecule has 0 saturated carbocycles. The molecule has 1 aromatic rings. The van der Waals surface area contributed by atoms with Gasteiger partial charge in [0.05, 0.1) is 38.6 Å². The van der Waals surface area contributed by atoms with Crippen LogP contribution in [0.1, 0.15) is 12.5 Å². The number of aliphatic carboxylic acids is 1. The minimum Gasteiger partial charge on any atom is -0.507 e. The van der Waals surface area contributed by atoms with Crippen LogP contribution < -0.4 is 4.74 Å². The molecule has 0 aliphatic carbocycles.